The van der Waals surface area contributed by atoms with Crippen LogP contribution in [0.15, 0.2) is 18.2 Å². The van der Waals surface area contributed by atoms with Gasteiger partial charge in [-0.3, -0.25) is 0 Å². The van der Waals surface area contributed by atoms with E-state index in [1.807, 2.05) is 6.07 Å². The summed E-state index contributed by atoms with van der Waals surface area (Å²) in [6.45, 7) is 2.97. The highest BCUT2D eigenvalue weighted by Gasteiger charge is 2.28. The molecule has 3 rings (SSSR count). The first kappa shape index (κ1) is 9.66. The zero-order valence-electron chi connectivity index (χ0n) is 9.10. The van der Waals surface area contributed by atoms with E-state index in [4.69, 9.17) is 4.74 Å². The molecule has 0 spiro atoms. The second-order valence-electron chi connectivity index (χ2n) is 4.38. The van der Waals surface area contributed by atoms with Crippen LogP contribution in [0.2, 0.25) is 0 Å². The molecule has 0 bridgehead atoms. The zero-order chi connectivity index (χ0) is 11.1. The van der Waals surface area contributed by atoms with E-state index >= 15 is 0 Å². The number of rotatable bonds is 1. The van der Waals surface area contributed by atoms with Gasteiger partial charge in [0.15, 0.2) is 0 Å². The van der Waals surface area contributed by atoms with Crippen molar-refractivity contribution in [3.63, 3.8) is 0 Å². The van der Waals surface area contributed by atoms with Crippen LogP contribution in [0.5, 0.6) is 5.75 Å². The van der Waals surface area contributed by atoms with Crippen LogP contribution < -0.4 is 0 Å². The van der Waals surface area contributed by atoms with Crippen molar-refractivity contribution < 1.29 is 9.84 Å². The molecule has 2 atom stereocenters. The van der Waals surface area contributed by atoms with Crippen LogP contribution in [0.1, 0.15) is 25.3 Å². The Hall–Kier alpha value is -1.55. The van der Waals surface area contributed by atoms with Crippen molar-refractivity contribution in [1.82, 2.24) is 9.97 Å². The van der Waals surface area contributed by atoms with E-state index < -0.39 is 0 Å². The summed E-state index contributed by atoms with van der Waals surface area (Å²) in [6.07, 6.45) is 1.14. The summed E-state index contributed by atoms with van der Waals surface area (Å²) < 4.78 is 5.65. The van der Waals surface area contributed by atoms with E-state index in [-0.39, 0.29) is 11.9 Å². The van der Waals surface area contributed by atoms with E-state index in [9.17, 15) is 5.11 Å². The van der Waals surface area contributed by atoms with Crippen molar-refractivity contribution in [3.8, 4) is 5.75 Å². The number of H-pyrrole nitrogens is 1. The lowest BCUT2D eigenvalue weighted by molar-refractivity contribution is 0.0883. The third-order valence-corrected chi connectivity index (χ3v) is 3.14. The SMILES string of the molecule is CC1CCOC1c1nc2ccc(O)cc2[nH]1. The predicted octanol–water partition coefficient (Wildman–Crippen LogP) is 2.37. The summed E-state index contributed by atoms with van der Waals surface area (Å²) in [5.74, 6) is 1.61. The Morgan fingerprint density at radius 1 is 1.50 bits per heavy atom. The van der Waals surface area contributed by atoms with Gasteiger partial charge in [0.25, 0.3) is 0 Å². The van der Waals surface area contributed by atoms with E-state index in [2.05, 4.69) is 16.9 Å². The lowest BCUT2D eigenvalue weighted by Gasteiger charge is -2.10. The average molecular weight is 218 g/mol. The number of fused-ring (bicyclic) bond motifs is 1. The number of ether oxygens (including phenoxy) is 1. The molecule has 4 heteroatoms. The maximum absolute atomic E-state index is 9.38. The first-order chi connectivity index (χ1) is 7.74. The number of aromatic amines is 1. The molecule has 2 unspecified atom stereocenters. The maximum Gasteiger partial charge on any atom is 0.136 e. The molecule has 0 aliphatic carbocycles. The Morgan fingerprint density at radius 3 is 3.12 bits per heavy atom. The van der Waals surface area contributed by atoms with Gasteiger partial charge in [-0.2, -0.15) is 0 Å². The highest BCUT2D eigenvalue weighted by Crippen LogP contribution is 2.33. The van der Waals surface area contributed by atoms with Crippen LogP contribution in [-0.2, 0) is 4.74 Å². The summed E-state index contributed by atoms with van der Waals surface area (Å²) in [4.78, 5) is 7.71. The fourth-order valence-corrected chi connectivity index (χ4v) is 2.20. The van der Waals surface area contributed by atoms with Gasteiger partial charge in [0.05, 0.1) is 11.0 Å². The van der Waals surface area contributed by atoms with Gasteiger partial charge in [-0.25, -0.2) is 4.98 Å². The van der Waals surface area contributed by atoms with E-state index in [0.717, 1.165) is 29.9 Å². The van der Waals surface area contributed by atoms with Crippen LogP contribution in [0.3, 0.4) is 0 Å². The highest BCUT2D eigenvalue weighted by atomic mass is 16.5. The van der Waals surface area contributed by atoms with Gasteiger partial charge < -0.3 is 14.8 Å². The largest absolute Gasteiger partial charge is 0.508 e. The summed E-state index contributed by atoms with van der Waals surface area (Å²) >= 11 is 0. The third-order valence-electron chi connectivity index (χ3n) is 3.14. The first-order valence-corrected chi connectivity index (χ1v) is 5.54. The monoisotopic (exact) mass is 218 g/mol. The van der Waals surface area contributed by atoms with Crippen molar-refractivity contribution >= 4 is 11.0 Å². The van der Waals surface area contributed by atoms with E-state index in [1.54, 1.807) is 12.1 Å². The summed E-state index contributed by atoms with van der Waals surface area (Å²) in [5.41, 5.74) is 1.73. The van der Waals surface area contributed by atoms with Crippen molar-refractivity contribution in [2.24, 2.45) is 5.92 Å². The fraction of sp³-hybridized carbons (Fsp3) is 0.417. The number of hydrogen-bond acceptors (Lipinski definition) is 3. The zero-order valence-corrected chi connectivity index (χ0v) is 9.10. The molecule has 1 aromatic heterocycles. The molecule has 1 aliphatic rings. The molecule has 1 saturated heterocycles. The van der Waals surface area contributed by atoms with Crippen LogP contribution in [-0.4, -0.2) is 21.7 Å². The average Bonchev–Trinajstić information content (AvgIpc) is 2.82. The van der Waals surface area contributed by atoms with Gasteiger partial charge in [-0.05, 0) is 24.5 Å². The number of aromatic hydroxyl groups is 1. The molecule has 0 amide bonds. The van der Waals surface area contributed by atoms with Gasteiger partial charge in [0.1, 0.15) is 17.7 Å². The van der Waals surface area contributed by atoms with Crippen LogP contribution in [0, 0.1) is 5.92 Å². The van der Waals surface area contributed by atoms with Crippen LogP contribution in [0.4, 0.5) is 0 Å². The topological polar surface area (TPSA) is 58.1 Å². The molecular formula is C12H14N2O2. The van der Waals surface area contributed by atoms with Crippen molar-refractivity contribution in [3.05, 3.63) is 24.0 Å². The molecule has 84 valence electrons. The highest BCUT2D eigenvalue weighted by molar-refractivity contribution is 5.76. The van der Waals surface area contributed by atoms with E-state index in [1.165, 1.54) is 0 Å². The van der Waals surface area contributed by atoms with E-state index in [0.29, 0.717) is 5.92 Å². The Kier molecular flexibility index (Phi) is 2.11. The Balaban J connectivity index is 2.04. The van der Waals surface area contributed by atoms with Crippen LogP contribution >= 0.6 is 0 Å². The van der Waals surface area contributed by atoms with Gasteiger partial charge >= 0.3 is 0 Å². The minimum atomic E-state index is 0.0644. The molecular weight excluding hydrogens is 204 g/mol. The minimum Gasteiger partial charge on any atom is -0.508 e. The quantitative estimate of drug-likeness (QED) is 0.772. The standard InChI is InChI=1S/C12H14N2O2/c1-7-4-5-16-11(7)12-13-9-3-2-8(15)6-10(9)14-12/h2-3,6-7,11,15H,4-5H2,1H3,(H,13,14). The molecule has 2 heterocycles. The summed E-state index contributed by atoms with van der Waals surface area (Å²) in [5, 5.41) is 9.38. The second-order valence-corrected chi connectivity index (χ2v) is 4.38. The molecule has 2 N–H and O–H groups in total. The number of aromatic nitrogens is 2. The molecule has 2 aromatic rings. The van der Waals surface area contributed by atoms with Crippen LogP contribution in [0.25, 0.3) is 11.0 Å². The summed E-state index contributed by atoms with van der Waals surface area (Å²) in [7, 11) is 0. The number of phenolic OH excluding ortho intramolecular Hbond substituents is 1. The number of nitrogens with one attached hydrogen (secondary N) is 1. The predicted molar refractivity (Wildman–Crippen MR) is 60.2 cm³/mol. The van der Waals surface area contributed by atoms with Gasteiger partial charge in [-0.15, -0.1) is 0 Å². The normalized spacial score (nSPS) is 25.3. The van der Waals surface area contributed by atoms with Gasteiger partial charge in [0, 0.05) is 12.7 Å². The molecule has 4 nitrogen and oxygen atoms in total. The number of imidazole rings is 1. The minimum absolute atomic E-state index is 0.0644. The number of hydrogen-bond donors (Lipinski definition) is 2. The van der Waals surface area contributed by atoms with Gasteiger partial charge in [-0.1, -0.05) is 6.92 Å². The Bertz CT molecular complexity index is 521. The molecule has 1 aliphatic heterocycles. The molecule has 1 fully saturated rings. The Morgan fingerprint density at radius 2 is 2.38 bits per heavy atom. The number of benzene rings is 1. The van der Waals surface area contributed by atoms with Gasteiger partial charge in [0.2, 0.25) is 0 Å². The van der Waals surface area contributed by atoms with Crippen molar-refractivity contribution in [2.45, 2.75) is 19.4 Å². The van der Waals surface area contributed by atoms with Crippen molar-refractivity contribution in [1.29, 1.82) is 0 Å². The molecule has 0 radical (unpaired) electrons. The molecule has 0 saturated carbocycles. The molecule has 1 aromatic carbocycles. The Labute approximate surface area is 93.3 Å². The molecule has 16 heavy (non-hydrogen) atoms. The number of phenols is 1. The fourth-order valence-electron chi connectivity index (χ4n) is 2.20. The summed E-state index contributed by atoms with van der Waals surface area (Å²) in [6, 6.07) is 5.14. The lowest BCUT2D eigenvalue weighted by atomic mass is 10.0. The van der Waals surface area contributed by atoms with Crippen molar-refractivity contribution in [2.75, 3.05) is 6.61 Å². The third kappa shape index (κ3) is 1.46. The maximum atomic E-state index is 9.38. The number of nitrogens with zero attached hydrogens (tertiary/aromatic N) is 1. The lowest BCUT2D eigenvalue weighted by Crippen LogP contribution is -2.05. The second kappa shape index (κ2) is 3.49. The first-order valence-electron chi connectivity index (χ1n) is 5.54. The smallest absolute Gasteiger partial charge is 0.136 e.